The summed E-state index contributed by atoms with van der Waals surface area (Å²) in [5.41, 5.74) is 0. The molecule has 0 aliphatic rings. The van der Waals surface area contributed by atoms with Gasteiger partial charge in [0.25, 0.3) is 0 Å². The van der Waals surface area contributed by atoms with Crippen molar-refractivity contribution in [1.29, 1.82) is 0 Å². The van der Waals surface area contributed by atoms with E-state index in [2.05, 4.69) is 60.8 Å². The van der Waals surface area contributed by atoms with E-state index < -0.39 is 0 Å². The Bertz CT molecular complexity index is 654. The number of nitrogens with zero attached hydrogens (tertiary/aromatic N) is 3. The van der Waals surface area contributed by atoms with E-state index in [0.717, 1.165) is 9.20 Å². The number of hydrogen-bond donors (Lipinski definition) is 1. The first kappa shape index (κ1) is 10.9. The van der Waals surface area contributed by atoms with Gasteiger partial charge in [0.15, 0.2) is 0 Å². The molecule has 2 aromatic carbocycles. The number of tetrazole rings is 1. The molecular formula is C11H7BrN4Se. The van der Waals surface area contributed by atoms with Crippen molar-refractivity contribution in [2.45, 2.75) is 0 Å². The zero-order chi connectivity index (χ0) is 11.7. The number of nitrogens with one attached hydrogen (secondary N) is 1. The molecule has 0 spiro atoms. The molecule has 0 radical (unpaired) electrons. The molecule has 1 aromatic heterocycles. The van der Waals surface area contributed by atoms with Gasteiger partial charge in [-0.05, 0) is 0 Å². The number of H-pyrrole nitrogens is 1. The van der Waals surface area contributed by atoms with Gasteiger partial charge in [-0.3, -0.25) is 0 Å². The van der Waals surface area contributed by atoms with Crippen LogP contribution in [0.1, 0.15) is 0 Å². The van der Waals surface area contributed by atoms with Gasteiger partial charge in [-0.1, -0.05) is 0 Å². The Morgan fingerprint density at radius 2 is 1.88 bits per heavy atom. The van der Waals surface area contributed by atoms with E-state index in [9.17, 15) is 0 Å². The summed E-state index contributed by atoms with van der Waals surface area (Å²) in [6, 6.07) is 12.5. The number of benzene rings is 2. The summed E-state index contributed by atoms with van der Waals surface area (Å²) in [5.74, 6) is 0. The zero-order valence-electron chi connectivity index (χ0n) is 8.59. The Morgan fingerprint density at radius 3 is 2.65 bits per heavy atom. The van der Waals surface area contributed by atoms with Gasteiger partial charge in [0.05, 0.1) is 0 Å². The van der Waals surface area contributed by atoms with Crippen LogP contribution in [0.3, 0.4) is 0 Å². The van der Waals surface area contributed by atoms with Gasteiger partial charge in [-0.2, -0.15) is 0 Å². The third-order valence-corrected chi connectivity index (χ3v) is 5.00. The molecule has 0 saturated carbocycles. The molecule has 3 rings (SSSR count). The average molecular weight is 354 g/mol. The molecule has 84 valence electrons. The number of halogens is 1. The molecule has 0 amide bonds. The first-order valence-electron chi connectivity index (χ1n) is 4.93. The van der Waals surface area contributed by atoms with Gasteiger partial charge in [-0.25, -0.2) is 0 Å². The van der Waals surface area contributed by atoms with Crippen LogP contribution in [0.5, 0.6) is 0 Å². The number of hydrogen-bond acceptors (Lipinski definition) is 3. The molecule has 4 nitrogen and oxygen atoms in total. The van der Waals surface area contributed by atoms with E-state index >= 15 is 0 Å². The Kier molecular flexibility index (Phi) is 2.92. The van der Waals surface area contributed by atoms with Crippen molar-refractivity contribution in [3.05, 3.63) is 40.9 Å². The topological polar surface area (TPSA) is 54.5 Å². The maximum absolute atomic E-state index is 4.01. The van der Waals surface area contributed by atoms with Crippen molar-refractivity contribution in [3.8, 4) is 0 Å². The van der Waals surface area contributed by atoms with Crippen LogP contribution in [0.25, 0.3) is 10.8 Å². The van der Waals surface area contributed by atoms with Crippen molar-refractivity contribution in [3.63, 3.8) is 0 Å². The van der Waals surface area contributed by atoms with Gasteiger partial charge in [0, 0.05) is 0 Å². The van der Waals surface area contributed by atoms with Gasteiger partial charge in [0.1, 0.15) is 0 Å². The normalized spacial score (nSPS) is 10.9. The zero-order valence-corrected chi connectivity index (χ0v) is 11.9. The predicted octanol–water partition coefficient (Wildman–Crippen LogP) is 0.770. The fourth-order valence-corrected chi connectivity index (χ4v) is 3.75. The van der Waals surface area contributed by atoms with Gasteiger partial charge >= 0.3 is 112 Å². The Labute approximate surface area is 112 Å². The summed E-state index contributed by atoms with van der Waals surface area (Å²) in [6.07, 6.45) is 0. The summed E-state index contributed by atoms with van der Waals surface area (Å²) < 4.78 is 3.14. The fourth-order valence-electron chi connectivity index (χ4n) is 1.62. The minimum absolute atomic E-state index is 0.0767. The number of aromatic amines is 1. The van der Waals surface area contributed by atoms with Crippen molar-refractivity contribution in [2.24, 2.45) is 0 Å². The van der Waals surface area contributed by atoms with Crippen molar-refractivity contribution < 1.29 is 0 Å². The van der Waals surface area contributed by atoms with Crippen molar-refractivity contribution in [2.75, 3.05) is 0 Å². The quantitative estimate of drug-likeness (QED) is 0.692. The van der Waals surface area contributed by atoms with E-state index in [4.69, 9.17) is 0 Å². The molecule has 0 atom stereocenters. The second kappa shape index (κ2) is 4.56. The molecule has 0 aliphatic heterocycles. The average Bonchev–Trinajstić information content (AvgIpc) is 2.86. The fraction of sp³-hybridized carbons (Fsp3) is 0. The molecule has 6 heteroatoms. The molecule has 0 unspecified atom stereocenters. The number of aromatic nitrogens is 4. The summed E-state index contributed by atoms with van der Waals surface area (Å²) in [5, 5.41) is 16.6. The standard InChI is InChI=1S/C11H7BrN4Se/c12-9-5-6-10(17-11-13-15-16-14-11)8-4-2-1-3-7(8)9/h1-6H,(H,13,14,15,16). The molecule has 0 bridgehead atoms. The first-order chi connectivity index (χ1) is 8.34. The van der Waals surface area contributed by atoms with Crippen LogP contribution >= 0.6 is 15.9 Å². The van der Waals surface area contributed by atoms with Crippen LogP contribution in [0, 0.1) is 0 Å². The van der Waals surface area contributed by atoms with Gasteiger partial charge < -0.3 is 0 Å². The monoisotopic (exact) mass is 354 g/mol. The number of rotatable bonds is 2. The van der Waals surface area contributed by atoms with Crippen LogP contribution in [0.4, 0.5) is 0 Å². The molecule has 3 aromatic rings. The van der Waals surface area contributed by atoms with E-state index in [1.54, 1.807) is 0 Å². The third-order valence-electron chi connectivity index (χ3n) is 2.36. The van der Waals surface area contributed by atoms with Gasteiger partial charge in [-0.15, -0.1) is 0 Å². The van der Waals surface area contributed by atoms with E-state index in [1.165, 1.54) is 15.2 Å². The molecule has 0 saturated heterocycles. The first-order valence-corrected chi connectivity index (χ1v) is 7.44. The number of fused-ring (bicyclic) bond motifs is 1. The SMILES string of the molecule is Brc1ccc([Se]c2nn[nH]n2)c2ccccc12. The van der Waals surface area contributed by atoms with E-state index in [0.29, 0.717) is 0 Å². The molecule has 0 aliphatic carbocycles. The third kappa shape index (κ3) is 2.11. The van der Waals surface area contributed by atoms with Crippen LogP contribution < -0.4 is 9.18 Å². The Hall–Kier alpha value is -1.23. The summed E-state index contributed by atoms with van der Waals surface area (Å²) in [6.45, 7) is 0. The molecule has 0 fully saturated rings. The predicted molar refractivity (Wildman–Crippen MR) is 70.8 cm³/mol. The molecule has 17 heavy (non-hydrogen) atoms. The Balaban J connectivity index is 2.14. The second-order valence-corrected chi connectivity index (χ2v) is 6.36. The summed E-state index contributed by atoms with van der Waals surface area (Å²) in [4.78, 5) is 0. The van der Waals surface area contributed by atoms with Crippen molar-refractivity contribution in [1.82, 2.24) is 20.6 Å². The molecule has 1 heterocycles. The van der Waals surface area contributed by atoms with E-state index in [-0.39, 0.29) is 15.0 Å². The van der Waals surface area contributed by atoms with E-state index in [1.807, 2.05) is 12.1 Å². The van der Waals surface area contributed by atoms with Crippen LogP contribution in [-0.4, -0.2) is 35.6 Å². The van der Waals surface area contributed by atoms with Crippen LogP contribution in [0.2, 0.25) is 0 Å². The minimum atomic E-state index is 0.0767. The van der Waals surface area contributed by atoms with Gasteiger partial charge in [0.2, 0.25) is 0 Å². The summed E-state index contributed by atoms with van der Waals surface area (Å²) in [7, 11) is 0. The van der Waals surface area contributed by atoms with Crippen LogP contribution in [-0.2, 0) is 0 Å². The Morgan fingerprint density at radius 1 is 1.06 bits per heavy atom. The molecule has 1 N–H and O–H groups in total. The second-order valence-electron chi connectivity index (χ2n) is 3.39. The van der Waals surface area contributed by atoms with Crippen molar-refractivity contribution >= 4 is 50.8 Å². The summed E-state index contributed by atoms with van der Waals surface area (Å²) >= 11 is 3.64. The maximum atomic E-state index is 4.01. The molecular weight excluding hydrogens is 347 g/mol. The van der Waals surface area contributed by atoms with Crippen LogP contribution in [0.15, 0.2) is 40.9 Å².